The lowest BCUT2D eigenvalue weighted by molar-refractivity contribution is -0.136. The molecule has 0 saturated carbocycles. The standard InChI is InChI=1S/C21H17FN4O3/c1-13-4-3-9-23-12-21(19(28)25-20(29)26(21)18(13)27)15-6-2-5-14(10-15)17-8-7-16(22)11-24-17/h2-11,23H,12H2,1H3,(H,25,28,29)/b9-3-,13-4-. The molecule has 1 fully saturated rings. The second-order valence-corrected chi connectivity index (χ2v) is 6.79. The quantitative estimate of drug-likeness (QED) is 0.765. The zero-order valence-electron chi connectivity index (χ0n) is 15.5. The highest BCUT2D eigenvalue weighted by atomic mass is 19.1. The number of carbonyl (C=O) groups excluding carboxylic acids is 3. The number of nitrogens with one attached hydrogen (secondary N) is 2. The van der Waals surface area contributed by atoms with E-state index in [-0.39, 0.29) is 6.54 Å². The van der Waals surface area contributed by atoms with Crippen molar-refractivity contribution in [2.24, 2.45) is 0 Å². The first-order valence-corrected chi connectivity index (χ1v) is 8.93. The molecule has 7 nitrogen and oxygen atoms in total. The van der Waals surface area contributed by atoms with E-state index in [9.17, 15) is 18.8 Å². The van der Waals surface area contributed by atoms with E-state index in [1.165, 1.54) is 12.1 Å². The number of aromatic nitrogens is 1. The second-order valence-electron chi connectivity index (χ2n) is 6.79. The molecule has 3 heterocycles. The maximum atomic E-state index is 13.2. The maximum Gasteiger partial charge on any atom is 0.332 e. The average molecular weight is 392 g/mol. The zero-order valence-corrected chi connectivity index (χ0v) is 15.5. The topological polar surface area (TPSA) is 91.4 Å². The monoisotopic (exact) mass is 392 g/mol. The van der Waals surface area contributed by atoms with Crippen LogP contribution >= 0.6 is 0 Å². The van der Waals surface area contributed by atoms with Gasteiger partial charge in [0.15, 0.2) is 5.54 Å². The number of halogens is 1. The molecule has 2 aromatic rings. The number of imide groups is 2. The lowest BCUT2D eigenvalue weighted by Crippen LogP contribution is -2.55. The summed E-state index contributed by atoms with van der Waals surface area (Å²) in [6.45, 7) is 1.58. The number of nitrogens with zero attached hydrogens (tertiary/aromatic N) is 2. The van der Waals surface area contributed by atoms with Gasteiger partial charge in [0.1, 0.15) is 5.82 Å². The number of fused-ring (bicyclic) bond motifs is 1. The maximum absolute atomic E-state index is 13.2. The molecule has 4 rings (SSSR count). The van der Waals surface area contributed by atoms with Crippen molar-refractivity contribution >= 4 is 17.8 Å². The van der Waals surface area contributed by atoms with Crippen LogP contribution in [0.15, 0.2) is 66.5 Å². The molecule has 2 aliphatic rings. The molecule has 1 saturated heterocycles. The zero-order chi connectivity index (χ0) is 20.6. The first-order chi connectivity index (χ1) is 13.9. The lowest BCUT2D eigenvalue weighted by atomic mass is 9.86. The number of hydrogen-bond acceptors (Lipinski definition) is 5. The van der Waals surface area contributed by atoms with Crippen LogP contribution in [0.5, 0.6) is 0 Å². The number of benzene rings is 1. The summed E-state index contributed by atoms with van der Waals surface area (Å²) in [6, 6.07) is 8.85. The third-order valence-electron chi connectivity index (χ3n) is 5.00. The fourth-order valence-electron chi connectivity index (χ4n) is 3.52. The van der Waals surface area contributed by atoms with Crippen molar-refractivity contribution in [1.82, 2.24) is 20.5 Å². The largest absolute Gasteiger partial charge is 0.388 e. The third kappa shape index (κ3) is 2.98. The van der Waals surface area contributed by atoms with Gasteiger partial charge in [0, 0.05) is 11.1 Å². The number of rotatable bonds is 2. The van der Waals surface area contributed by atoms with E-state index < -0.39 is 29.2 Å². The molecule has 2 N–H and O–H groups in total. The van der Waals surface area contributed by atoms with E-state index in [1.54, 1.807) is 49.5 Å². The predicted molar refractivity (Wildman–Crippen MR) is 103 cm³/mol. The number of urea groups is 1. The Morgan fingerprint density at radius 3 is 2.76 bits per heavy atom. The Balaban J connectivity index is 1.89. The summed E-state index contributed by atoms with van der Waals surface area (Å²) < 4.78 is 13.2. The molecule has 29 heavy (non-hydrogen) atoms. The van der Waals surface area contributed by atoms with Gasteiger partial charge >= 0.3 is 6.03 Å². The van der Waals surface area contributed by atoms with Crippen LogP contribution in [0, 0.1) is 5.82 Å². The van der Waals surface area contributed by atoms with Crippen LogP contribution in [0.4, 0.5) is 9.18 Å². The highest BCUT2D eigenvalue weighted by Gasteiger charge is 2.57. The van der Waals surface area contributed by atoms with Crippen molar-refractivity contribution in [3.8, 4) is 11.3 Å². The van der Waals surface area contributed by atoms with Gasteiger partial charge in [-0.05, 0) is 43.0 Å². The molecule has 146 valence electrons. The Morgan fingerprint density at radius 1 is 1.17 bits per heavy atom. The van der Waals surface area contributed by atoms with Crippen LogP contribution < -0.4 is 10.6 Å². The minimum Gasteiger partial charge on any atom is -0.388 e. The van der Waals surface area contributed by atoms with Gasteiger partial charge in [-0.15, -0.1) is 0 Å². The summed E-state index contributed by atoms with van der Waals surface area (Å²) in [5, 5.41) is 5.26. The summed E-state index contributed by atoms with van der Waals surface area (Å²) >= 11 is 0. The normalized spacial score (nSPS) is 24.4. The van der Waals surface area contributed by atoms with Crippen molar-refractivity contribution in [2.75, 3.05) is 6.54 Å². The van der Waals surface area contributed by atoms with E-state index in [4.69, 9.17) is 0 Å². The molecule has 0 aliphatic carbocycles. The molecule has 0 spiro atoms. The van der Waals surface area contributed by atoms with Crippen molar-refractivity contribution in [1.29, 1.82) is 0 Å². The van der Waals surface area contributed by atoms with Gasteiger partial charge in [-0.2, -0.15) is 0 Å². The van der Waals surface area contributed by atoms with Crippen LogP contribution in [0.3, 0.4) is 0 Å². The molecule has 1 atom stereocenters. The van der Waals surface area contributed by atoms with Crippen LogP contribution in [0.25, 0.3) is 11.3 Å². The van der Waals surface area contributed by atoms with E-state index in [2.05, 4.69) is 15.6 Å². The second kappa shape index (κ2) is 6.97. The van der Waals surface area contributed by atoms with E-state index in [0.29, 0.717) is 22.4 Å². The van der Waals surface area contributed by atoms with E-state index in [1.807, 2.05) is 0 Å². The Labute approximate surface area is 165 Å². The van der Waals surface area contributed by atoms with Gasteiger partial charge < -0.3 is 5.32 Å². The molecule has 2 aliphatic heterocycles. The Morgan fingerprint density at radius 2 is 2.00 bits per heavy atom. The molecule has 1 aromatic carbocycles. The summed E-state index contributed by atoms with van der Waals surface area (Å²) in [6.07, 6.45) is 5.93. The van der Waals surface area contributed by atoms with Crippen LogP contribution in [0.2, 0.25) is 0 Å². The van der Waals surface area contributed by atoms with Gasteiger partial charge in [0.05, 0.1) is 18.4 Å². The molecule has 8 heteroatoms. The number of allylic oxidation sites excluding steroid dienone is 2. The minimum atomic E-state index is -1.58. The fraction of sp³-hybridized carbons (Fsp3) is 0.143. The lowest BCUT2D eigenvalue weighted by Gasteiger charge is -2.34. The number of hydrogen-bond donors (Lipinski definition) is 2. The first kappa shape index (κ1) is 18.5. The average Bonchev–Trinajstić information content (AvgIpc) is 3.00. The molecule has 1 aromatic heterocycles. The number of pyridine rings is 1. The molecule has 0 bridgehead atoms. The number of amides is 4. The Bertz CT molecular complexity index is 1080. The van der Waals surface area contributed by atoms with Crippen molar-refractivity contribution in [2.45, 2.75) is 12.5 Å². The summed E-state index contributed by atoms with van der Waals surface area (Å²) in [5.74, 6) is -1.63. The molecule has 4 amide bonds. The van der Waals surface area contributed by atoms with Gasteiger partial charge in [-0.25, -0.2) is 14.1 Å². The van der Waals surface area contributed by atoms with E-state index >= 15 is 0 Å². The van der Waals surface area contributed by atoms with Crippen molar-refractivity contribution in [3.05, 3.63) is 77.9 Å². The fourth-order valence-corrected chi connectivity index (χ4v) is 3.52. The molecule has 1 unspecified atom stereocenters. The van der Waals surface area contributed by atoms with Gasteiger partial charge in [-0.3, -0.25) is 19.9 Å². The summed E-state index contributed by atoms with van der Waals surface area (Å²) in [4.78, 5) is 43.6. The Kier molecular flexibility index (Phi) is 4.46. The van der Waals surface area contributed by atoms with Gasteiger partial charge in [0.25, 0.3) is 11.8 Å². The summed E-state index contributed by atoms with van der Waals surface area (Å²) in [7, 11) is 0. The van der Waals surface area contributed by atoms with Crippen LogP contribution in [-0.2, 0) is 15.1 Å². The van der Waals surface area contributed by atoms with E-state index in [0.717, 1.165) is 11.1 Å². The molecular weight excluding hydrogens is 375 g/mol. The van der Waals surface area contributed by atoms with Gasteiger partial charge in [-0.1, -0.05) is 24.3 Å². The minimum absolute atomic E-state index is 0.00572. The van der Waals surface area contributed by atoms with Gasteiger partial charge in [0.2, 0.25) is 0 Å². The highest BCUT2D eigenvalue weighted by molar-refractivity contribution is 6.17. The highest BCUT2D eigenvalue weighted by Crippen LogP contribution is 2.36. The predicted octanol–water partition coefficient (Wildman–Crippen LogP) is 2.22. The summed E-state index contributed by atoms with van der Waals surface area (Å²) in [5.41, 5.74) is 0.302. The molecular formula is C21H17FN4O3. The Hall–Kier alpha value is -3.81. The number of carbonyl (C=O) groups is 3. The van der Waals surface area contributed by atoms with Crippen LogP contribution in [-0.4, -0.2) is 34.3 Å². The SMILES string of the molecule is C/C1=C/C=C\NCC2(c3cccc(-c4ccc(F)cn4)c3)C(=O)NC(=O)N2C1=O. The first-order valence-electron chi connectivity index (χ1n) is 8.93. The molecule has 0 radical (unpaired) electrons. The van der Waals surface area contributed by atoms with Crippen LogP contribution in [0.1, 0.15) is 12.5 Å². The smallest absolute Gasteiger partial charge is 0.332 e. The van der Waals surface area contributed by atoms with Crippen molar-refractivity contribution < 1.29 is 18.8 Å². The van der Waals surface area contributed by atoms with Crippen molar-refractivity contribution in [3.63, 3.8) is 0 Å². The third-order valence-corrected chi connectivity index (χ3v) is 5.00.